The summed E-state index contributed by atoms with van der Waals surface area (Å²) in [5, 5.41) is 0. The Morgan fingerprint density at radius 1 is 1.14 bits per heavy atom. The van der Waals surface area contributed by atoms with E-state index in [1.807, 2.05) is 0 Å². The first kappa shape index (κ1) is 3.76. The quantitative estimate of drug-likeness (QED) is 0.314. The van der Waals surface area contributed by atoms with Crippen molar-refractivity contribution in [2.45, 2.75) is 24.5 Å². The normalized spacial score (nSPS) is 44.6. The number of rotatable bonds is 0. The molecule has 1 saturated heterocycles. The van der Waals surface area contributed by atoms with Crippen LogP contribution in [0.5, 0.6) is 0 Å². The summed E-state index contributed by atoms with van der Waals surface area (Å²) in [4.78, 5) is 0. The Labute approximate surface area is 44.8 Å². The molecular weight excluding hydrogens is 82.9 g/mol. The molecule has 1 fully saturated rings. The summed E-state index contributed by atoms with van der Waals surface area (Å²) < 4.78 is 0. The average molecular weight is 90.9 g/mol. The SMILES string of the molecule is [B]1C2C=CC1CC2. The minimum Gasteiger partial charge on any atom is -0.0938 e. The van der Waals surface area contributed by atoms with E-state index in [1.54, 1.807) is 0 Å². The third-order valence-corrected chi connectivity index (χ3v) is 1.93. The fourth-order valence-corrected chi connectivity index (χ4v) is 1.50. The maximum Gasteiger partial charge on any atom is 0.128 e. The largest absolute Gasteiger partial charge is 0.128 e. The Morgan fingerprint density at radius 3 is 1.86 bits per heavy atom. The smallest absolute Gasteiger partial charge is 0.0938 e. The lowest BCUT2D eigenvalue weighted by molar-refractivity contribution is 0.792. The monoisotopic (exact) mass is 91.1 g/mol. The zero-order valence-corrected chi connectivity index (χ0v) is 4.30. The molecular formula is C6H8B. The zero-order chi connectivity index (χ0) is 4.69. The van der Waals surface area contributed by atoms with Crippen molar-refractivity contribution in [2.24, 2.45) is 0 Å². The van der Waals surface area contributed by atoms with Crippen molar-refractivity contribution in [1.29, 1.82) is 0 Å². The van der Waals surface area contributed by atoms with Crippen LogP contribution in [0.4, 0.5) is 0 Å². The van der Waals surface area contributed by atoms with Crippen molar-refractivity contribution < 1.29 is 0 Å². The third-order valence-electron chi connectivity index (χ3n) is 1.93. The van der Waals surface area contributed by atoms with E-state index in [4.69, 9.17) is 0 Å². The van der Waals surface area contributed by atoms with Crippen LogP contribution in [0.15, 0.2) is 12.2 Å². The molecule has 0 saturated carbocycles. The number of allylic oxidation sites excluding steroid dienone is 2. The number of fused-ring (bicyclic) bond motifs is 2. The summed E-state index contributed by atoms with van der Waals surface area (Å²) in [5.41, 5.74) is 0. The molecule has 0 aromatic rings. The molecule has 7 heavy (non-hydrogen) atoms. The van der Waals surface area contributed by atoms with Crippen molar-refractivity contribution in [3.8, 4) is 0 Å². The molecule has 2 aliphatic rings. The van der Waals surface area contributed by atoms with Crippen LogP contribution in [0, 0.1) is 0 Å². The Hall–Kier alpha value is -0.195. The Kier molecular flexibility index (Phi) is 0.617. The van der Waals surface area contributed by atoms with E-state index in [0.717, 1.165) is 11.6 Å². The lowest BCUT2D eigenvalue weighted by Gasteiger charge is -1.98. The van der Waals surface area contributed by atoms with Crippen LogP contribution < -0.4 is 0 Å². The van der Waals surface area contributed by atoms with E-state index in [0.29, 0.717) is 0 Å². The summed E-state index contributed by atoms with van der Waals surface area (Å²) in [5.74, 6) is 1.73. The predicted octanol–water partition coefficient (Wildman–Crippen LogP) is 1.63. The van der Waals surface area contributed by atoms with Gasteiger partial charge in [-0.3, -0.25) is 0 Å². The van der Waals surface area contributed by atoms with Gasteiger partial charge in [-0.2, -0.15) is 0 Å². The molecule has 2 heterocycles. The summed E-state index contributed by atoms with van der Waals surface area (Å²) >= 11 is 0. The van der Waals surface area contributed by atoms with Gasteiger partial charge in [-0.15, -0.1) is 0 Å². The van der Waals surface area contributed by atoms with Crippen molar-refractivity contribution in [1.82, 2.24) is 0 Å². The molecule has 35 valence electrons. The first-order chi connectivity index (χ1) is 3.45. The van der Waals surface area contributed by atoms with Gasteiger partial charge in [0, 0.05) is 0 Å². The molecule has 0 N–H and O–H groups in total. The molecule has 1 heteroatoms. The standard InChI is InChI=1S/C6H8B/c1-2-6-4-3-5(1)7-6/h1-2,5-6H,3-4H2. The minimum atomic E-state index is 0.866. The highest BCUT2D eigenvalue weighted by Crippen LogP contribution is 2.40. The summed E-state index contributed by atoms with van der Waals surface area (Å²) in [6.07, 6.45) is 7.49. The highest BCUT2D eigenvalue weighted by atomic mass is 14.2. The fraction of sp³-hybridized carbons (Fsp3) is 0.667. The van der Waals surface area contributed by atoms with Gasteiger partial charge in [0.05, 0.1) is 0 Å². The van der Waals surface area contributed by atoms with Gasteiger partial charge in [-0.05, 0) is 0 Å². The van der Waals surface area contributed by atoms with E-state index < -0.39 is 0 Å². The molecule has 2 unspecified atom stereocenters. The fourth-order valence-electron chi connectivity index (χ4n) is 1.50. The molecule has 2 atom stereocenters. The second kappa shape index (κ2) is 1.15. The third kappa shape index (κ3) is 0.441. The summed E-state index contributed by atoms with van der Waals surface area (Å²) in [7, 11) is 2.44. The second-order valence-corrected chi connectivity index (χ2v) is 2.48. The van der Waals surface area contributed by atoms with Gasteiger partial charge in [0.25, 0.3) is 0 Å². The van der Waals surface area contributed by atoms with Crippen molar-refractivity contribution in [3.63, 3.8) is 0 Å². The van der Waals surface area contributed by atoms with E-state index in [-0.39, 0.29) is 0 Å². The van der Waals surface area contributed by atoms with Crippen LogP contribution >= 0.6 is 0 Å². The summed E-state index contributed by atoms with van der Waals surface area (Å²) in [6.45, 7) is 0. The Balaban J connectivity index is 2.27. The Bertz CT molecular complexity index is 94.7. The van der Waals surface area contributed by atoms with Crippen LogP contribution in [-0.4, -0.2) is 7.28 Å². The number of hydrogen-bond donors (Lipinski definition) is 0. The van der Waals surface area contributed by atoms with Gasteiger partial charge < -0.3 is 0 Å². The van der Waals surface area contributed by atoms with Gasteiger partial charge in [-0.25, -0.2) is 0 Å². The summed E-state index contributed by atoms with van der Waals surface area (Å²) in [6, 6.07) is 0. The molecule has 0 aliphatic carbocycles. The second-order valence-electron chi connectivity index (χ2n) is 2.48. The van der Waals surface area contributed by atoms with Gasteiger partial charge in [-0.1, -0.05) is 36.6 Å². The van der Waals surface area contributed by atoms with Crippen LogP contribution in [0.2, 0.25) is 11.6 Å². The average Bonchev–Trinajstić information content (AvgIpc) is 2.22. The van der Waals surface area contributed by atoms with E-state index in [9.17, 15) is 0 Å². The molecule has 1 radical (unpaired) electrons. The van der Waals surface area contributed by atoms with Gasteiger partial charge in [0.15, 0.2) is 0 Å². The molecule has 2 bridgehead atoms. The molecule has 2 aliphatic heterocycles. The first-order valence-electron chi connectivity index (χ1n) is 2.98. The molecule has 2 rings (SSSR count). The maximum atomic E-state index is 2.44. The molecule has 0 aromatic carbocycles. The van der Waals surface area contributed by atoms with E-state index in [2.05, 4.69) is 19.4 Å². The van der Waals surface area contributed by atoms with Crippen molar-refractivity contribution in [2.75, 3.05) is 0 Å². The Morgan fingerprint density at radius 2 is 1.71 bits per heavy atom. The lowest BCUT2D eigenvalue weighted by atomic mass is 9.66. The molecule has 0 spiro atoms. The first-order valence-corrected chi connectivity index (χ1v) is 2.98. The highest BCUT2D eigenvalue weighted by Gasteiger charge is 2.26. The van der Waals surface area contributed by atoms with Gasteiger partial charge in [0.2, 0.25) is 0 Å². The molecule has 0 amide bonds. The zero-order valence-electron chi connectivity index (χ0n) is 4.30. The van der Waals surface area contributed by atoms with Gasteiger partial charge in [0.1, 0.15) is 7.28 Å². The molecule has 0 nitrogen and oxygen atoms in total. The number of hydrogen-bond acceptors (Lipinski definition) is 0. The molecule has 0 aromatic heterocycles. The topological polar surface area (TPSA) is 0 Å². The maximum absolute atomic E-state index is 2.44. The van der Waals surface area contributed by atoms with E-state index in [1.165, 1.54) is 12.8 Å². The van der Waals surface area contributed by atoms with Gasteiger partial charge >= 0.3 is 0 Å². The van der Waals surface area contributed by atoms with Crippen molar-refractivity contribution >= 4 is 7.28 Å². The van der Waals surface area contributed by atoms with Crippen LogP contribution in [0.1, 0.15) is 12.8 Å². The predicted molar refractivity (Wildman–Crippen MR) is 31.6 cm³/mol. The minimum absolute atomic E-state index is 0.866. The van der Waals surface area contributed by atoms with Crippen LogP contribution in [0.25, 0.3) is 0 Å². The highest BCUT2D eigenvalue weighted by molar-refractivity contribution is 6.43. The van der Waals surface area contributed by atoms with E-state index >= 15 is 0 Å². The lowest BCUT2D eigenvalue weighted by Crippen LogP contribution is -1.85. The van der Waals surface area contributed by atoms with Crippen LogP contribution in [-0.2, 0) is 0 Å². The van der Waals surface area contributed by atoms with Crippen LogP contribution in [0.3, 0.4) is 0 Å². The van der Waals surface area contributed by atoms with Crippen molar-refractivity contribution in [3.05, 3.63) is 12.2 Å².